The molecule has 10 heteroatoms. The molecule has 1 aromatic heterocycles. The molecule has 1 fully saturated rings. The van der Waals surface area contributed by atoms with Crippen LogP contribution in [0.3, 0.4) is 0 Å². The summed E-state index contributed by atoms with van der Waals surface area (Å²) in [6.07, 6.45) is 5.06. The molecular formula is C17H17N9O. The Kier molecular flexibility index (Phi) is 5.84. The van der Waals surface area contributed by atoms with Crippen molar-refractivity contribution in [2.45, 2.75) is 25.3 Å². The molecule has 0 spiro atoms. The summed E-state index contributed by atoms with van der Waals surface area (Å²) in [4.78, 5) is 28.5. The fourth-order valence-electron chi connectivity index (χ4n) is 3.24. The summed E-state index contributed by atoms with van der Waals surface area (Å²) in [6.45, 7) is 1.29. The Morgan fingerprint density at radius 2 is 2.19 bits per heavy atom. The van der Waals surface area contributed by atoms with Crippen LogP contribution < -0.4 is 0 Å². The van der Waals surface area contributed by atoms with Crippen LogP contribution in [-0.2, 0) is 6.54 Å². The Hall–Kier alpha value is -3.61. The topological polar surface area (TPSA) is 144 Å². The van der Waals surface area contributed by atoms with Crippen LogP contribution in [0.2, 0.25) is 0 Å². The summed E-state index contributed by atoms with van der Waals surface area (Å²) >= 11 is 0. The largest absolute Gasteiger partial charge is 0.338 e. The Balaban J connectivity index is 1.84. The van der Waals surface area contributed by atoms with Gasteiger partial charge in [-0.05, 0) is 53.7 Å². The van der Waals surface area contributed by atoms with Crippen molar-refractivity contribution in [3.8, 4) is 0 Å². The molecule has 1 unspecified atom stereocenters. The minimum Gasteiger partial charge on any atom is -0.338 e. The molecule has 0 N–H and O–H groups in total. The van der Waals surface area contributed by atoms with Crippen molar-refractivity contribution in [1.29, 1.82) is 0 Å². The number of likely N-dealkylation sites (tertiary alicyclic amines) is 1. The van der Waals surface area contributed by atoms with Crippen LogP contribution in [0, 0.1) is 0 Å². The SMILES string of the molecule is [N-]=[N+]=NCc1cc(N=[N+]=[N-])cc(C(=O)N2CCCC(c3ccncn3)C2)c1. The first-order valence-electron chi connectivity index (χ1n) is 8.46. The second-order valence-corrected chi connectivity index (χ2v) is 6.19. The highest BCUT2D eigenvalue weighted by Gasteiger charge is 2.26. The highest BCUT2D eigenvalue weighted by atomic mass is 16.2. The highest BCUT2D eigenvalue weighted by Crippen LogP contribution is 2.27. The number of hydrogen-bond acceptors (Lipinski definition) is 5. The van der Waals surface area contributed by atoms with Crippen LogP contribution >= 0.6 is 0 Å². The van der Waals surface area contributed by atoms with E-state index in [9.17, 15) is 4.79 Å². The number of nitrogens with zero attached hydrogens (tertiary/aromatic N) is 9. The lowest BCUT2D eigenvalue weighted by molar-refractivity contribution is 0.0706. The van der Waals surface area contributed by atoms with Crippen LogP contribution in [0.4, 0.5) is 5.69 Å². The van der Waals surface area contributed by atoms with Gasteiger partial charge in [0.2, 0.25) is 0 Å². The van der Waals surface area contributed by atoms with E-state index in [0.29, 0.717) is 29.9 Å². The molecule has 136 valence electrons. The third kappa shape index (κ3) is 4.52. The van der Waals surface area contributed by atoms with E-state index in [1.54, 1.807) is 29.3 Å². The molecular weight excluding hydrogens is 346 g/mol. The van der Waals surface area contributed by atoms with E-state index < -0.39 is 0 Å². The number of azide groups is 2. The smallest absolute Gasteiger partial charge is 0.253 e. The molecule has 1 amide bonds. The monoisotopic (exact) mass is 363 g/mol. The molecule has 1 atom stereocenters. The summed E-state index contributed by atoms with van der Waals surface area (Å²) in [5.41, 5.74) is 19.5. The lowest BCUT2D eigenvalue weighted by Crippen LogP contribution is -2.39. The van der Waals surface area contributed by atoms with Crippen molar-refractivity contribution in [3.05, 3.63) is 74.5 Å². The number of amides is 1. The second-order valence-electron chi connectivity index (χ2n) is 6.19. The molecule has 0 bridgehead atoms. The maximum absolute atomic E-state index is 13.0. The first kappa shape index (κ1) is 18.2. The molecule has 2 aromatic rings. The molecule has 10 nitrogen and oxygen atoms in total. The summed E-state index contributed by atoms with van der Waals surface area (Å²) in [7, 11) is 0. The molecule has 0 aliphatic carbocycles. The number of carbonyl (C=O) groups is 1. The molecule has 27 heavy (non-hydrogen) atoms. The van der Waals surface area contributed by atoms with Crippen molar-refractivity contribution in [2.24, 2.45) is 10.2 Å². The Morgan fingerprint density at radius 1 is 1.30 bits per heavy atom. The van der Waals surface area contributed by atoms with Gasteiger partial charge >= 0.3 is 0 Å². The van der Waals surface area contributed by atoms with Gasteiger partial charge in [-0.15, -0.1) is 0 Å². The third-order valence-electron chi connectivity index (χ3n) is 4.43. The van der Waals surface area contributed by atoms with Crippen molar-refractivity contribution in [3.63, 3.8) is 0 Å². The van der Waals surface area contributed by atoms with Crippen LogP contribution in [0.15, 0.2) is 47.0 Å². The number of piperidine rings is 1. The fraction of sp³-hybridized carbons (Fsp3) is 0.353. The van der Waals surface area contributed by atoms with E-state index in [0.717, 1.165) is 18.5 Å². The summed E-state index contributed by atoms with van der Waals surface area (Å²) < 4.78 is 0. The summed E-state index contributed by atoms with van der Waals surface area (Å²) in [5.74, 6) is 0.0135. The lowest BCUT2D eigenvalue weighted by Gasteiger charge is -2.32. The average Bonchev–Trinajstić information content (AvgIpc) is 2.72. The number of aromatic nitrogens is 2. The predicted molar refractivity (Wildman–Crippen MR) is 98.0 cm³/mol. The number of rotatable bonds is 5. The third-order valence-corrected chi connectivity index (χ3v) is 4.43. The predicted octanol–water partition coefficient (Wildman–Crippen LogP) is 4.25. The maximum Gasteiger partial charge on any atom is 0.253 e. The average molecular weight is 363 g/mol. The van der Waals surface area contributed by atoms with E-state index in [1.807, 2.05) is 6.07 Å². The van der Waals surface area contributed by atoms with E-state index in [2.05, 4.69) is 30.0 Å². The van der Waals surface area contributed by atoms with Crippen LogP contribution in [0.5, 0.6) is 0 Å². The number of benzene rings is 1. The zero-order chi connectivity index (χ0) is 19.1. The summed E-state index contributed by atoms with van der Waals surface area (Å²) in [5, 5.41) is 7.10. The van der Waals surface area contributed by atoms with Gasteiger partial charge < -0.3 is 4.90 Å². The Morgan fingerprint density at radius 3 is 2.93 bits per heavy atom. The normalized spacial score (nSPS) is 16.1. The summed E-state index contributed by atoms with van der Waals surface area (Å²) in [6, 6.07) is 6.70. The quantitative estimate of drug-likeness (QED) is 0.445. The van der Waals surface area contributed by atoms with Gasteiger partial charge in [0.05, 0.1) is 6.54 Å². The van der Waals surface area contributed by atoms with Crippen molar-refractivity contribution >= 4 is 11.6 Å². The van der Waals surface area contributed by atoms with Gasteiger partial charge in [0.15, 0.2) is 0 Å². The zero-order valence-electron chi connectivity index (χ0n) is 14.5. The Labute approximate surface area is 155 Å². The minimum absolute atomic E-state index is 0.0785. The maximum atomic E-state index is 13.0. The van der Waals surface area contributed by atoms with Crippen LogP contribution in [-0.4, -0.2) is 33.9 Å². The first-order valence-corrected chi connectivity index (χ1v) is 8.46. The molecule has 1 aliphatic heterocycles. The van der Waals surface area contributed by atoms with Crippen molar-refractivity contribution in [1.82, 2.24) is 14.9 Å². The van der Waals surface area contributed by atoms with Gasteiger partial charge in [-0.25, -0.2) is 9.97 Å². The van der Waals surface area contributed by atoms with Gasteiger partial charge in [-0.3, -0.25) is 4.79 Å². The molecule has 1 saturated heterocycles. The highest BCUT2D eigenvalue weighted by molar-refractivity contribution is 5.95. The van der Waals surface area contributed by atoms with Crippen LogP contribution in [0.1, 0.15) is 40.4 Å². The fourth-order valence-corrected chi connectivity index (χ4v) is 3.24. The van der Waals surface area contributed by atoms with Gasteiger partial charge in [0.25, 0.3) is 5.91 Å². The standard InChI is InChI=1S/C17H17N9O/c18-24-22-9-12-6-14(8-15(7-12)23-25-19)17(27)26-5-1-2-13(10-26)16-3-4-20-11-21-16/h3-4,6-8,11,13H,1-2,5,9-10H2. The van der Waals surface area contributed by atoms with Gasteiger partial charge in [-0.2, -0.15) is 0 Å². The first-order chi connectivity index (χ1) is 13.2. The number of hydrogen-bond donors (Lipinski definition) is 0. The zero-order valence-corrected chi connectivity index (χ0v) is 14.5. The van der Waals surface area contributed by atoms with Gasteiger partial charge in [0.1, 0.15) is 6.33 Å². The molecule has 0 saturated carbocycles. The van der Waals surface area contributed by atoms with Crippen molar-refractivity contribution < 1.29 is 4.79 Å². The second kappa shape index (κ2) is 8.66. The van der Waals surface area contributed by atoms with Crippen molar-refractivity contribution in [2.75, 3.05) is 13.1 Å². The van der Waals surface area contributed by atoms with Gasteiger partial charge in [0, 0.05) is 52.0 Å². The lowest BCUT2D eigenvalue weighted by atomic mass is 9.94. The number of carbonyl (C=O) groups excluding carboxylic acids is 1. The van der Waals surface area contributed by atoms with E-state index in [1.165, 1.54) is 6.33 Å². The van der Waals surface area contributed by atoms with Gasteiger partial charge in [-0.1, -0.05) is 10.2 Å². The molecule has 0 radical (unpaired) electrons. The molecule has 2 heterocycles. The van der Waals surface area contributed by atoms with E-state index >= 15 is 0 Å². The Bertz CT molecular complexity index is 917. The minimum atomic E-state index is -0.147. The van der Waals surface area contributed by atoms with Crippen LogP contribution in [0.25, 0.3) is 20.9 Å². The molecule has 3 rings (SSSR count). The van der Waals surface area contributed by atoms with E-state index in [-0.39, 0.29) is 18.4 Å². The molecule has 1 aromatic carbocycles. The van der Waals surface area contributed by atoms with E-state index in [4.69, 9.17) is 11.1 Å². The molecule has 1 aliphatic rings.